The number of hydrogen-bond acceptors (Lipinski definition) is 4. The molecule has 27 heavy (non-hydrogen) atoms. The van der Waals surface area contributed by atoms with Crippen molar-refractivity contribution in [2.45, 2.75) is 26.8 Å². The number of carbonyl (C=O) groups excluding carboxylic acids is 1. The van der Waals surface area contributed by atoms with Crippen LogP contribution in [0, 0.1) is 0 Å². The van der Waals surface area contributed by atoms with Crippen molar-refractivity contribution < 1.29 is 9.53 Å². The molecule has 0 aliphatic carbocycles. The van der Waals surface area contributed by atoms with Gasteiger partial charge in [0.15, 0.2) is 0 Å². The number of hydrogen-bond donors (Lipinski definition) is 1. The number of benzene rings is 2. The quantitative estimate of drug-likeness (QED) is 0.489. The maximum atomic E-state index is 12.2. The van der Waals surface area contributed by atoms with E-state index in [0.29, 0.717) is 18.5 Å². The highest BCUT2D eigenvalue weighted by atomic mass is 16.5. The molecule has 0 radical (unpaired) electrons. The molecule has 1 heterocycles. The summed E-state index contributed by atoms with van der Waals surface area (Å²) in [6.45, 7) is 6.82. The Bertz CT molecular complexity index is 953. The second-order valence-electron chi connectivity index (χ2n) is 6.31. The Morgan fingerprint density at radius 1 is 1.07 bits per heavy atom. The summed E-state index contributed by atoms with van der Waals surface area (Å²) >= 11 is 0. The number of imidazole rings is 1. The van der Waals surface area contributed by atoms with Gasteiger partial charge in [0.25, 0.3) is 0 Å². The fourth-order valence-electron chi connectivity index (χ4n) is 3.20. The molecule has 0 aliphatic heterocycles. The third-order valence-corrected chi connectivity index (χ3v) is 4.67. The molecule has 0 saturated heterocycles. The standard InChI is InChI=1S/C21H25N3O3/c1-3-23(4-2)17-12-10-16(11-13-17)20(25)27-15-7-14-24-19-9-6-5-8-18(19)22-21(24)26/h5-6,8-13H,3-4,7,14-15H2,1-2H3,(H,22,26). The van der Waals surface area contributed by atoms with E-state index in [1.54, 1.807) is 16.7 Å². The summed E-state index contributed by atoms with van der Waals surface area (Å²) in [7, 11) is 0. The molecule has 0 amide bonds. The smallest absolute Gasteiger partial charge is 0.338 e. The van der Waals surface area contributed by atoms with Gasteiger partial charge in [-0.3, -0.25) is 4.57 Å². The Kier molecular flexibility index (Phi) is 5.96. The minimum atomic E-state index is -0.340. The van der Waals surface area contributed by atoms with Gasteiger partial charge in [-0.15, -0.1) is 0 Å². The third kappa shape index (κ3) is 4.22. The van der Waals surface area contributed by atoms with E-state index < -0.39 is 0 Å². The van der Waals surface area contributed by atoms with E-state index in [4.69, 9.17) is 4.74 Å². The molecule has 0 spiro atoms. The first-order valence-corrected chi connectivity index (χ1v) is 9.33. The zero-order valence-corrected chi connectivity index (χ0v) is 15.8. The van der Waals surface area contributed by atoms with Crippen LogP contribution >= 0.6 is 0 Å². The minimum absolute atomic E-state index is 0.144. The van der Waals surface area contributed by atoms with E-state index in [1.165, 1.54) is 0 Å². The van der Waals surface area contributed by atoms with Gasteiger partial charge in [-0.2, -0.15) is 0 Å². The van der Waals surface area contributed by atoms with Crippen LogP contribution in [0.4, 0.5) is 5.69 Å². The lowest BCUT2D eigenvalue weighted by Crippen LogP contribution is -2.21. The largest absolute Gasteiger partial charge is 0.462 e. The molecule has 0 unspecified atom stereocenters. The molecular formula is C21H25N3O3. The number of esters is 1. The van der Waals surface area contributed by atoms with Gasteiger partial charge in [-0.1, -0.05) is 12.1 Å². The van der Waals surface area contributed by atoms with E-state index >= 15 is 0 Å². The molecule has 6 heteroatoms. The number of ether oxygens (including phenoxy) is 1. The molecule has 0 aliphatic rings. The number of fused-ring (bicyclic) bond motifs is 1. The zero-order valence-electron chi connectivity index (χ0n) is 15.8. The van der Waals surface area contributed by atoms with Gasteiger partial charge in [0.05, 0.1) is 23.2 Å². The van der Waals surface area contributed by atoms with Crippen LogP contribution in [-0.2, 0) is 11.3 Å². The summed E-state index contributed by atoms with van der Waals surface area (Å²) in [6.07, 6.45) is 0.574. The SMILES string of the molecule is CCN(CC)c1ccc(C(=O)OCCCn2c(=O)[nH]c3ccccc32)cc1. The molecule has 0 atom stereocenters. The zero-order chi connectivity index (χ0) is 19.2. The van der Waals surface area contributed by atoms with Crippen molar-refractivity contribution >= 4 is 22.7 Å². The third-order valence-electron chi connectivity index (χ3n) is 4.67. The van der Waals surface area contributed by atoms with E-state index in [1.807, 2.05) is 36.4 Å². The Labute approximate surface area is 158 Å². The first-order valence-electron chi connectivity index (χ1n) is 9.33. The van der Waals surface area contributed by atoms with Gasteiger partial charge in [0.1, 0.15) is 0 Å². The minimum Gasteiger partial charge on any atom is -0.462 e. The van der Waals surface area contributed by atoms with E-state index in [-0.39, 0.29) is 18.3 Å². The lowest BCUT2D eigenvalue weighted by atomic mass is 10.2. The van der Waals surface area contributed by atoms with Gasteiger partial charge in [-0.05, 0) is 56.7 Å². The summed E-state index contributed by atoms with van der Waals surface area (Å²) in [5.41, 5.74) is 3.16. The number of aromatic nitrogens is 2. The van der Waals surface area contributed by atoms with Crippen LogP contribution in [0.15, 0.2) is 53.3 Å². The van der Waals surface area contributed by atoms with E-state index in [9.17, 15) is 9.59 Å². The highest BCUT2D eigenvalue weighted by Gasteiger charge is 2.10. The van der Waals surface area contributed by atoms with Crippen LogP contribution < -0.4 is 10.6 Å². The normalized spacial score (nSPS) is 10.9. The molecule has 1 aromatic heterocycles. The number of aryl methyl sites for hydroxylation is 1. The van der Waals surface area contributed by atoms with Gasteiger partial charge < -0.3 is 14.6 Å². The van der Waals surface area contributed by atoms with E-state index in [0.717, 1.165) is 29.8 Å². The Morgan fingerprint density at radius 3 is 2.48 bits per heavy atom. The molecule has 0 saturated carbocycles. The second kappa shape index (κ2) is 8.58. The first-order chi connectivity index (χ1) is 13.1. The van der Waals surface area contributed by atoms with Crippen molar-refractivity contribution in [2.75, 3.05) is 24.6 Å². The van der Waals surface area contributed by atoms with Crippen molar-refractivity contribution in [1.82, 2.24) is 9.55 Å². The Balaban J connectivity index is 1.53. The molecule has 1 N–H and O–H groups in total. The Morgan fingerprint density at radius 2 is 1.78 bits per heavy atom. The number of nitrogens with zero attached hydrogens (tertiary/aromatic N) is 2. The number of rotatable bonds is 8. The van der Waals surface area contributed by atoms with Gasteiger partial charge in [0, 0.05) is 25.3 Å². The number of nitrogens with one attached hydrogen (secondary N) is 1. The molecule has 3 rings (SSSR count). The number of carbonyl (C=O) groups is 1. The maximum absolute atomic E-state index is 12.2. The molecule has 0 bridgehead atoms. The average Bonchev–Trinajstić information content (AvgIpc) is 3.01. The number of H-pyrrole nitrogens is 1. The number of aromatic amines is 1. The van der Waals surface area contributed by atoms with Crippen LogP contribution in [0.3, 0.4) is 0 Å². The number of anilines is 1. The van der Waals surface area contributed by atoms with Crippen molar-refractivity contribution in [3.05, 3.63) is 64.6 Å². The van der Waals surface area contributed by atoms with Crippen molar-refractivity contribution in [3.63, 3.8) is 0 Å². The van der Waals surface area contributed by atoms with Crippen LogP contribution in [0.5, 0.6) is 0 Å². The van der Waals surface area contributed by atoms with Crippen molar-refractivity contribution in [2.24, 2.45) is 0 Å². The van der Waals surface area contributed by atoms with Gasteiger partial charge >= 0.3 is 11.7 Å². The predicted octanol–water partition coefficient (Wildman–Crippen LogP) is 3.42. The highest BCUT2D eigenvalue weighted by Crippen LogP contribution is 2.15. The van der Waals surface area contributed by atoms with Crippen LogP contribution in [-0.4, -0.2) is 35.2 Å². The Hall–Kier alpha value is -3.02. The van der Waals surface area contributed by atoms with Gasteiger partial charge in [0.2, 0.25) is 0 Å². The maximum Gasteiger partial charge on any atom is 0.338 e. The molecule has 6 nitrogen and oxygen atoms in total. The van der Waals surface area contributed by atoms with Crippen molar-refractivity contribution in [1.29, 1.82) is 0 Å². The summed E-state index contributed by atoms with van der Waals surface area (Å²) < 4.78 is 7.02. The molecule has 3 aromatic rings. The van der Waals surface area contributed by atoms with Crippen LogP contribution in [0.25, 0.3) is 11.0 Å². The molecular weight excluding hydrogens is 342 g/mol. The fourth-order valence-corrected chi connectivity index (χ4v) is 3.20. The van der Waals surface area contributed by atoms with Crippen LogP contribution in [0.1, 0.15) is 30.6 Å². The number of para-hydroxylation sites is 2. The average molecular weight is 367 g/mol. The molecule has 142 valence electrons. The lowest BCUT2D eigenvalue weighted by molar-refractivity contribution is 0.0496. The monoisotopic (exact) mass is 367 g/mol. The molecule has 2 aromatic carbocycles. The van der Waals surface area contributed by atoms with Crippen LogP contribution in [0.2, 0.25) is 0 Å². The summed E-state index contributed by atoms with van der Waals surface area (Å²) in [5, 5.41) is 0. The predicted molar refractivity (Wildman–Crippen MR) is 107 cm³/mol. The summed E-state index contributed by atoms with van der Waals surface area (Å²) in [4.78, 5) is 29.3. The lowest BCUT2D eigenvalue weighted by Gasteiger charge is -2.20. The summed E-state index contributed by atoms with van der Waals surface area (Å²) in [5.74, 6) is -0.340. The molecule has 0 fully saturated rings. The van der Waals surface area contributed by atoms with E-state index in [2.05, 4.69) is 23.7 Å². The first kappa shape index (κ1) is 18.8. The fraction of sp³-hybridized carbons (Fsp3) is 0.333. The second-order valence-corrected chi connectivity index (χ2v) is 6.31. The summed E-state index contributed by atoms with van der Waals surface area (Å²) in [6, 6.07) is 15.0. The highest BCUT2D eigenvalue weighted by molar-refractivity contribution is 5.89. The van der Waals surface area contributed by atoms with Crippen molar-refractivity contribution in [3.8, 4) is 0 Å². The van der Waals surface area contributed by atoms with Gasteiger partial charge in [-0.25, -0.2) is 9.59 Å². The topological polar surface area (TPSA) is 67.3 Å².